The number of fused-ring (bicyclic) bond motifs is 1. The van der Waals surface area contributed by atoms with Crippen molar-refractivity contribution in [2.75, 3.05) is 32.9 Å². The van der Waals surface area contributed by atoms with Crippen molar-refractivity contribution in [1.82, 2.24) is 14.9 Å². The maximum absolute atomic E-state index is 13.7. The molecule has 0 unspecified atom stereocenters. The van der Waals surface area contributed by atoms with E-state index in [-0.39, 0.29) is 11.3 Å². The van der Waals surface area contributed by atoms with Gasteiger partial charge in [-0.2, -0.15) is 0 Å². The summed E-state index contributed by atoms with van der Waals surface area (Å²) in [6.45, 7) is 4.56. The fourth-order valence-corrected chi connectivity index (χ4v) is 3.70. The molecule has 2 atom stereocenters. The van der Waals surface area contributed by atoms with E-state index in [1.54, 1.807) is 12.3 Å². The Morgan fingerprint density at radius 1 is 1.29 bits per heavy atom. The first kappa shape index (κ1) is 15.5. The van der Waals surface area contributed by atoms with Crippen molar-refractivity contribution in [2.45, 2.75) is 6.54 Å². The highest BCUT2D eigenvalue weighted by Gasteiger charge is 2.51. The van der Waals surface area contributed by atoms with Crippen LogP contribution >= 0.6 is 0 Å². The molecule has 6 heteroatoms. The highest BCUT2D eigenvalue weighted by atomic mass is 19.1. The first-order valence-corrected chi connectivity index (χ1v) is 8.17. The summed E-state index contributed by atoms with van der Waals surface area (Å²) < 4.78 is 25.2. The summed E-state index contributed by atoms with van der Waals surface area (Å²) in [5.74, 6) is 0.0622. The van der Waals surface area contributed by atoms with Crippen LogP contribution in [0.5, 0.6) is 5.88 Å². The van der Waals surface area contributed by atoms with Gasteiger partial charge in [0.1, 0.15) is 0 Å². The molecule has 0 bridgehead atoms. The summed E-state index contributed by atoms with van der Waals surface area (Å²) in [6.07, 6.45) is 5.18. The molecule has 0 amide bonds. The molecule has 4 rings (SSSR count). The Bertz CT molecular complexity index is 700. The molecule has 2 aliphatic heterocycles. The molecule has 2 aromatic rings. The minimum Gasteiger partial charge on any atom is -0.475 e. The van der Waals surface area contributed by atoms with Gasteiger partial charge in [0.25, 0.3) is 0 Å². The van der Waals surface area contributed by atoms with Gasteiger partial charge < -0.3 is 9.47 Å². The fourth-order valence-electron chi connectivity index (χ4n) is 3.70. The van der Waals surface area contributed by atoms with E-state index in [0.29, 0.717) is 19.1 Å². The van der Waals surface area contributed by atoms with E-state index in [2.05, 4.69) is 14.9 Å². The summed E-state index contributed by atoms with van der Waals surface area (Å²) in [7, 11) is 0. The molecule has 4 heterocycles. The van der Waals surface area contributed by atoms with Crippen LogP contribution in [-0.2, 0) is 11.3 Å². The van der Waals surface area contributed by atoms with Gasteiger partial charge in [0.15, 0.2) is 5.82 Å². The van der Waals surface area contributed by atoms with Gasteiger partial charge >= 0.3 is 0 Å². The minimum atomic E-state index is -0.420. The second-order valence-corrected chi connectivity index (χ2v) is 6.68. The summed E-state index contributed by atoms with van der Waals surface area (Å²) >= 11 is 0. The highest BCUT2D eigenvalue weighted by molar-refractivity contribution is 5.14. The molecule has 126 valence electrons. The van der Waals surface area contributed by atoms with E-state index in [1.165, 1.54) is 11.6 Å². The molecule has 2 aliphatic rings. The molecule has 0 saturated carbocycles. The third kappa shape index (κ3) is 2.99. The molecular weight excluding hydrogens is 309 g/mol. The van der Waals surface area contributed by atoms with Crippen LogP contribution in [-0.4, -0.2) is 47.8 Å². The number of hydrogen-bond acceptors (Lipinski definition) is 5. The Kier molecular flexibility index (Phi) is 4.16. The predicted molar refractivity (Wildman–Crippen MR) is 85.9 cm³/mol. The monoisotopic (exact) mass is 329 g/mol. The van der Waals surface area contributed by atoms with E-state index in [1.807, 2.05) is 24.5 Å². The van der Waals surface area contributed by atoms with Crippen LogP contribution in [0, 0.1) is 17.2 Å². The van der Waals surface area contributed by atoms with E-state index >= 15 is 0 Å². The molecule has 2 fully saturated rings. The SMILES string of the molecule is Fc1cccnc1OC[C@@]12COC[C@@H]1CN(Cc1ccncc1)C2. The summed E-state index contributed by atoms with van der Waals surface area (Å²) in [5.41, 5.74) is 1.16. The van der Waals surface area contributed by atoms with Crippen LogP contribution in [0.1, 0.15) is 5.56 Å². The van der Waals surface area contributed by atoms with Gasteiger partial charge in [-0.15, -0.1) is 0 Å². The Balaban J connectivity index is 1.44. The molecule has 24 heavy (non-hydrogen) atoms. The quantitative estimate of drug-likeness (QED) is 0.841. The molecule has 0 radical (unpaired) electrons. The van der Waals surface area contributed by atoms with E-state index in [0.717, 1.165) is 26.2 Å². The number of rotatable bonds is 5. The third-order valence-electron chi connectivity index (χ3n) is 4.97. The standard InChI is InChI=1S/C18H20FN3O2/c19-16-2-1-5-21-17(16)24-13-18-11-22(9-15(18)10-23-12-18)8-14-3-6-20-7-4-14/h1-7,15H,8-13H2/t15-,18+/m0/s1. The zero-order chi connectivity index (χ0) is 16.4. The number of aromatic nitrogens is 2. The molecule has 0 N–H and O–H groups in total. The average Bonchev–Trinajstić information content (AvgIpc) is 3.12. The van der Waals surface area contributed by atoms with Crippen LogP contribution in [0.25, 0.3) is 0 Å². The second kappa shape index (κ2) is 6.45. The summed E-state index contributed by atoms with van der Waals surface area (Å²) in [6, 6.07) is 7.01. The highest BCUT2D eigenvalue weighted by Crippen LogP contribution is 2.42. The van der Waals surface area contributed by atoms with Gasteiger partial charge in [-0.05, 0) is 29.8 Å². The van der Waals surface area contributed by atoms with Crippen LogP contribution in [0.3, 0.4) is 0 Å². The van der Waals surface area contributed by atoms with Crippen molar-refractivity contribution < 1.29 is 13.9 Å². The average molecular weight is 329 g/mol. The van der Waals surface area contributed by atoms with Crippen molar-refractivity contribution in [2.24, 2.45) is 11.3 Å². The number of pyridine rings is 2. The van der Waals surface area contributed by atoms with Gasteiger partial charge in [0.05, 0.1) is 19.8 Å². The Labute approximate surface area is 140 Å². The smallest absolute Gasteiger partial charge is 0.250 e. The van der Waals surface area contributed by atoms with Crippen molar-refractivity contribution in [1.29, 1.82) is 0 Å². The van der Waals surface area contributed by atoms with E-state index in [9.17, 15) is 4.39 Å². The van der Waals surface area contributed by atoms with Crippen molar-refractivity contribution >= 4 is 0 Å². The molecule has 0 spiro atoms. The topological polar surface area (TPSA) is 47.5 Å². The number of ether oxygens (including phenoxy) is 2. The Morgan fingerprint density at radius 3 is 3.00 bits per heavy atom. The van der Waals surface area contributed by atoms with Crippen molar-refractivity contribution in [3.8, 4) is 5.88 Å². The lowest BCUT2D eigenvalue weighted by molar-refractivity contribution is 0.0862. The molecule has 2 saturated heterocycles. The normalized spacial score (nSPS) is 26.5. The lowest BCUT2D eigenvalue weighted by atomic mass is 9.82. The number of hydrogen-bond donors (Lipinski definition) is 0. The second-order valence-electron chi connectivity index (χ2n) is 6.68. The van der Waals surface area contributed by atoms with Crippen molar-refractivity contribution in [3.63, 3.8) is 0 Å². The van der Waals surface area contributed by atoms with E-state index < -0.39 is 5.82 Å². The molecule has 2 aromatic heterocycles. The molecule has 0 aliphatic carbocycles. The first-order valence-electron chi connectivity index (χ1n) is 8.17. The predicted octanol–water partition coefficient (Wildman–Crippen LogP) is 2.14. The molecule has 5 nitrogen and oxygen atoms in total. The van der Waals surface area contributed by atoms with Crippen LogP contribution in [0.2, 0.25) is 0 Å². The van der Waals surface area contributed by atoms with Gasteiger partial charge in [-0.25, -0.2) is 9.37 Å². The molecule has 0 aromatic carbocycles. The van der Waals surface area contributed by atoms with Gasteiger partial charge in [0, 0.05) is 49.6 Å². The molecular formula is C18H20FN3O2. The van der Waals surface area contributed by atoms with Crippen LogP contribution in [0.15, 0.2) is 42.9 Å². The van der Waals surface area contributed by atoms with Gasteiger partial charge in [-0.1, -0.05) is 0 Å². The van der Waals surface area contributed by atoms with Crippen LogP contribution in [0.4, 0.5) is 4.39 Å². The zero-order valence-electron chi connectivity index (χ0n) is 13.4. The fraction of sp³-hybridized carbons (Fsp3) is 0.444. The Morgan fingerprint density at radius 2 is 2.17 bits per heavy atom. The number of halogens is 1. The first-order chi connectivity index (χ1) is 11.8. The zero-order valence-corrected chi connectivity index (χ0v) is 13.4. The lowest BCUT2D eigenvalue weighted by Gasteiger charge is -2.27. The maximum Gasteiger partial charge on any atom is 0.250 e. The largest absolute Gasteiger partial charge is 0.475 e. The van der Waals surface area contributed by atoms with Gasteiger partial charge in [-0.3, -0.25) is 9.88 Å². The van der Waals surface area contributed by atoms with Crippen LogP contribution < -0.4 is 4.74 Å². The number of nitrogens with zero attached hydrogens (tertiary/aromatic N) is 3. The number of likely N-dealkylation sites (tertiary alicyclic amines) is 1. The minimum absolute atomic E-state index is 0.0742. The lowest BCUT2D eigenvalue weighted by Crippen LogP contribution is -2.37. The maximum atomic E-state index is 13.7. The summed E-state index contributed by atoms with van der Waals surface area (Å²) in [4.78, 5) is 10.5. The summed E-state index contributed by atoms with van der Waals surface area (Å²) in [5, 5.41) is 0. The third-order valence-corrected chi connectivity index (χ3v) is 4.97. The van der Waals surface area contributed by atoms with E-state index in [4.69, 9.17) is 9.47 Å². The Hall–Kier alpha value is -2.05. The van der Waals surface area contributed by atoms with Gasteiger partial charge in [0.2, 0.25) is 5.88 Å². The van der Waals surface area contributed by atoms with Crippen molar-refractivity contribution in [3.05, 3.63) is 54.2 Å².